The Morgan fingerprint density at radius 1 is 1.32 bits per heavy atom. The average Bonchev–Trinajstić information content (AvgIpc) is 2.83. The van der Waals surface area contributed by atoms with Crippen LogP contribution in [0.25, 0.3) is 11.3 Å². The number of nitrogens with one attached hydrogen (secondary N) is 1. The molecule has 1 heterocycles. The number of nitrogens with two attached hydrogens (primary N) is 1. The molecule has 0 radical (unpaired) electrons. The van der Waals surface area contributed by atoms with Gasteiger partial charge in [-0.1, -0.05) is 0 Å². The van der Waals surface area contributed by atoms with Gasteiger partial charge in [0.05, 0.1) is 0 Å². The SMILES string of the molecule is COCCCNc1ccc(N)c(-c2cccn2C)c1. The van der Waals surface area contributed by atoms with Crippen molar-refractivity contribution < 1.29 is 4.74 Å². The fourth-order valence-electron chi connectivity index (χ4n) is 2.08. The summed E-state index contributed by atoms with van der Waals surface area (Å²) in [5.74, 6) is 0. The molecule has 19 heavy (non-hydrogen) atoms. The van der Waals surface area contributed by atoms with E-state index >= 15 is 0 Å². The lowest BCUT2D eigenvalue weighted by Gasteiger charge is -2.11. The van der Waals surface area contributed by atoms with Crippen molar-refractivity contribution in [2.24, 2.45) is 7.05 Å². The highest BCUT2D eigenvalue weighted by molar-refractivity contribution is 5.78. The molecule has 102 valence electrons. The number of rotatable bonds is 6. The van der Waals surface area contributed by atoms with Crippen LogP contribution in [0, 0.1) is 0 Å². The topological polar surface area (TPSA) is 52.2 Å². The van der Waals surface area contributed by atoms with Crippen LogP contribution >= 0.6 is 0 Å². The Morgan fingerprint density at radius 2 is 2.16 bits per heavy atom. The molecule has 2 aromatic rings. The van der Waals surface area contributed by atoms with E-state index < -0.39 is 0 Å². The highest BCUT2D eigenvalue weighted by Gasteiger charge is 2.06. The smallest absolute Gasteiger partial charge is 0.0499 e. The van der Waals surface area contributed by atoms with E-state index in [1.807, 2.05) is 31.4 Å². The molecule has 1 aromatic carbocycles. The fourth-order valence-corrected chi connectivity index (χ4v) is 2.08. The van der Waals surface area contributed by atoms with Gasteiger partial charge in [-0.25, -0.2) is 0 Å². The van der Waals surface area contributed by atoms with E-state index in [-0.39, 0.29) is 0 Å². The maximum absolute atomic E-state index is 6.06. The van der Waals surface area contributed by atoms with Crippen LogP contribution in [-0.2, 0) is 11.8 Å². The Hall–Kier alpha value is -1.94. The van der Waals surface area contributed by atoms with Gasteiger partial charge in [-0.3, -0.25) is 0 Å². The summed E-state index contributed by atoms with van der Waals surface area (Å²) in [6, 6.07) is 10.1. The summed E-state index contributed by atoms with van der Waals surface area (Å²) in [6.45, 7) is 1.66. The summed E-state index contributed by atoms with van der Waals surface area (Å²) >= 11 is 0. The molecular formula is C15H21N3O. The van der Waals surface area contributed by atoms with Crippen molar-refractivity contribution >= 4 is 11.4 Å². The molecule has 0 saturated heterocycles. The predicted octanol–water partition coefficient (Wildman–Crippen LogP) is 2.72. The minimum absolute atomic E-state index is 0.770. The third-order valence-electron chi connectivity index (χ3n) is 3.13. The number of nitrogen functional groups attached to an aromatic ring is 1. The van der Waals surface area contributed by atoms with Gasteiger partial charge in [-0.05, 0) is 36.8 Å². The summed E-state index contributed by atoms with van der Waals surface area (Å²) in [5, 5.41) is 3.38. The van der Waals surface area contributed by atoms with Gasteiger partial charge in [0.2, 0.25) is 0 Å². The monoisotopic (exact) mass is 259 g/mol. The van der Waals surface area contributed by atoms with Crippen molar-refractivity contribution in [3.63, 3.8) is 0 Å². The second-order valence-electron chi connectivity index (χ2n) is 4.58. The number of benzene rings is 1. The molecule has 0 amide bonds. The Kier molecular flexibility index (Phi) is 4.47. The number of hydrogen-bond acceptors (Lipinski definition) is 3. The number of anilines is 2. The van der Waals surface area contributed by atoms with Crippen LogP contribution in [0.4, 0.5) is 11.4 Å². The van der Waals surface area contributed by atoms with Crippen molar-refractivity contribution in [1.82, 2.24) is 4.57 Å². The van der Waals surface area contributed by atoms with Gasteiger partial charge in [0.15, 0.2) is 0 Å². The van der Waals surface area contributed by atoms with Crippen LogP contribution in [0.1, 0.15) is 6.42 Å². The molecule has 0 aliphatic heterocycles. The molecule has 0 fully saturated rings. The number of hydrogen-bond donors (Lipinski definition) is 2. The fraction of sp³-hybridized carbons (Fsp3) is 0.333. The van der Waals surface area contributed by atoms with Crippen molar-refractivity contribution in [3.05, 3.63) is 36.5 Å². The van der Waals surface area contributed by atoms with Gasteiger partial charge in [0.25, 0.3) is 0 Å². The van der Waals surface area contributed by atoms with E-state index in [2.05, 4.69) is 22.0 Å². The molecule has 0 bridgehead atoms. The Morgan fingerprint density at radius 3 is 2.84 bits per heavy atom. The van der Waals surface area contributed by atoms with Crippen LogP contribution in [-0.4, -0.2) is 24.8 Å². The summed E-state index contributed by atoms with van der Waals surface area (Å²) in [6.07, 6.45) is 3.01. The van der Waals surface area contributed by atoms with Gasteiger partial charge in [0, 0.05) is 56.1 Å². The van der Waals surface area contributed by atoms with E-state index in [4.69, 9.17) is 10.5 Å². The highest BCUT2D eigenvalue weighted by Crippen LogP contribution is 2.28. The van der Waals surface area contributed by atoms with E-state index in [0.717, 1.165) is 42.2 Å². The predicted molar refractivity (Wildman–Crippen MR) is 80.2 cm³/mol. The van der Waals surface area contributed by atoms with Gasteiger partial charge in [0.1, 0.15) is 0 Å². The van der Waals surface area contributed by atoms with Crippen molar-refractivity contribution in [2.75, 3.05) is 31.3 Å². The van der Waals surface area contributed by atoms with Crippen LogP contribution < -0.4 is 11.1 Å². The first-order chi connectivity index (χ1) is 9.22. The number of aromatic nitrogens is 1. The summed E-state index contributed by atoms with van der Waals surface area (Å²) in [4.78, 5) is 0. The first kappa shape index (κ1) is 13.5. The molecular weight excluding hydrogens is 238 g/mol. The van der Waals surface area contributed by atoms with Crippen LogP contribution in [0.3, 0.4) is 0 Å². The molecule has 1 aromatic heterocycles. The molecule has 0 aliphatic carbocycles. The van der Waals surface area contributed by atoms with Crippen LogP contribution in [0.15, 0.2) is 36.5 Å². The zero-order chi connectivity index (χ0) is 13.7. The molecule has 0 aliphatic rings. The zero-order valence-corrected chi connectivity index (χ0v) is 11.5. The molecule has 3 N–H and O–H groups in total. The van der Waals surface area contributed by atoms with Crippen molar-refractivity contribution in [2.45, 2.75) is 6.42 Å². The highest BCUT2D eigenvalue weighted by atomic mass is 16.5. The third kappa shape index (κ3) is 3.29. The quantitative estimate of drug-likeness (QED) is 0.619. The van der Waals surface area contributed by atoms with Gasteiger partial charge < -0.3 is 20.4 Å². The van der Waals surface area contributed by atoms with Crippen LogP contribution in [0.2, 0.25) is 0 Å². The molecule has 0 atom stereocenters. The second-order valence-corrected chi connectivity index (χ2v) is 4.58. The molecule has 0 unspecified atom stereocenters. The maximum Gasteiger partial charge on any atom is 0.0499 e. The summed E-state index contributed by atoms with van der Waals surface area (Å²) < 4.78 is 7.10. The lowest BCUT2D eigenvalue weighted by Crippen LogP contribution is -2.05. The van der Waals surface area contributed by atoms with E-state index in [0.29, 0.717) is 0 Å². The number of aryl methyl sites for hydroxylation is 1. The van der Waals surface area contributed by atoms with Gasteiger partial charge in [-0.15, -0.1) is 0 Å². The molecule has 0 saturated carbocycles. The normalized spacial score (nSPS) is 10.6. The maximum atomic E-state index is 6.06. The number of nitrogens with zero attached hydrogens (tertiary/aromatic N) is 1. The average molecular weight is 259 g/mol. The lowest BCUT2D eigenvalue weighted by atomic mass is 10.1. The van der Waals surface area contributed by atoms with E-state index in [9.17, 15) is 0 Å². The number of methoxy groups -OCH3 is 1. The Balaban J connectivity index is 2.14. The second kappa shape index (κ2) is 6.29. The molecule has 4 heteroatoms. The molecule has 0 spiro atoms. The van der Waals surface area contributed by atoms with E-state index in [1.54, 1.807) is 7.11 Å². The first-order valence-electron chi connectivity index (χ1n) is 6.46. The standard InChI is InChI=1S/C15H21N3O/c1-18-9-3-5-15(18)13-11-12(6-7-14(13)16)17-8-4-10-19-2/h3,5-7,9,11,17H,4,8,10,16H2,1-2H3. The zero-order valence-electron chi connectivity index (χ0n) is 11.5. The van der Waals surface area contributed by atoms with Gasteiger partial charge in [-0.2, -0.15) is 0 Å². The largest absolute Gasteiger partial charge is 0.398 e. The van der Waals surface area contributed by atoms with Crippen molar-refractivity contribution in [1.29, 1.82) is 0 Å². The number of ether oxygens (including phenoxy) is 1. The first-order valence-corrected chi connectivity index (χ1v) is 6.46. The van der Waals surface area contributed by atoms with Gasteiger partial charge >= 0.3 is 0 Å². The summed E-state index contributed by atoms with van der Waals surface area (Å²) in [7, 11) is 3.74. The molecule has 4 nitrogen and oxygen atoms in total. The van der Waals surface area contributed by atoms with E-state index in [1.165, 1.54) is 0 Å². The minimum Gasteiger partial charge on any atom is -0.398 e. The summed E-state index contributed by atoms with van der Waals surface area (Å²) in [5.41, 5.74) is 10.1. The Bertz CT molecular complexity index is 534. The van der Waals surface area contributed by atoms with Crippen LogP contribution in [0.5, 0.6) is 0 Å². The Labute approximate surface area is 114 Å². The van der Waals surface area contributed by atoms with Crippen molar-refractivity contribution in [3.8, 4) is 11.3 Å². The third-order valence-corrected chi connectivity index (χ3v) is 3.13. The molecule has 2 rings (SSSR count). The lowest BCUT2D eigenvalue weighted by molar-refractivity contribution is 0.198. The minimum atomic E-state index is 0.770.